The van der Waals surface area contributed by atoms with Crippen molar-refractivity contribution >= 4 is 17.6 Å². The molecule has 0 heterocycles. The molecule has 18 heavy (non-hydrogen) atoms. The zero-order valence-electron chi connectivity index (χ0n) is 10.4. The minimum Gasteiger partial charge on any atom is -0.481 e. The summed E-state index contributed by atoms with van der Waals surface area (Å²) in [5.41, 5.74) is 2.43. The van der Waals surface area contributed by atoms with Crippen molar-refractivity contribution in [2.24, 2.45) is 0 Å². The molecule has 0 spiro atoms. The summed E-state index contributed by atoms with van der Waals surface area (Å²) < 4.78 is 0. The monoisotopic (exact) mass is 266 g/mol. The second-order valence-corrected chi connectivity index (χ2v) is 5.57. The summed E-state index contributed by atoms with van der Waals surface area (Å²) in [5.74, 6) is -0.0740. The van der Waals surface area contributed by atoms with E-state index in [0.717, 1.165) is 5.56 Å². The number of alkyl halides is 1. The smallest absolute Gasteiger partial charge is 0.303 e. The van der Waals surface area contributed by atoms with E-state index in [2.05, 4.69) is 12.1 Å². The van der Waals surface area contributed by atoms with Crippen LogP contribution in [0.25, 0.3) is 0 Å². The molecule has 1 N–H and O–H groups in total. The van der Waals surface area contributed by atoms with Gasteiger partial charge in [-0.05, 0) is 36.3 Å². The molecule has 0 aromatic heterocycles. The maximum Gasteiger partial charge on any atom is 0.303 e. The summed E-state index contributed by atoms with van der Waals surface area (Å²) in [5, 5.41) is 8.44. The molecule has 1 aromatic carbocycles. The normalized spacial score (nSPS) is 17.8. The molecule has 0 saturated heterocycles. The van der Waals surface area contributed by atoms with Crippen molar-refractivity contribution in [3.63, 3.8) is 0 Å². The molecule has 1 saturated carbocycles. The summed E-state index contributed by atoms with van der Waals surface area (Å²) in [6.07, 6.45) is 5.87. The van der Waals surface area contributed by atoms with Gasteiger partial charge in [-0.3, -0.25) is 4.79 Å². The first kappa shape index (κ1) is 13.4. The van der Waals surface area contributed by atoms with Crippen LogP contribution in [0.1, 0.15) is 60.9 Å². The van der Waals surface area contributed by atoms with Crippen molar-refractivity contribution in [3.8, 4) is 0 Å². The van der Waals surface area contributed by atoms with Gasteiger partial charge in [0.1, 0.15) is 0 Å². The lowest BCUT2D eigenvalue weighted by Crippen LogP contribution is -1.99. The Morgan fingerprint density at radius 3 is 2.44 bits per heavy atom. The first-order valence-corrected chi connectivity index (χ1v) is 7.06. The zero-order valence-corrected chi connectivity index (χ0v) is 11.2. The number of carboxylic acid groups (broad SMARTS) is 1. The van der Waals surface area contributed by atoms with Crippen LogP contribution in [-0.4, -0.2) is 11.1 Å². The van der Waals surface area contributed by atoms with E-state index in [1.54, 1.807) is 0 Å². The van der Waals surface area contributed by atoms with Crippen LogP contribution in [0.4, 0.5) is 0 Å². The summed E-state index contributed by atoms with van der Waals surface area (Å²) in [7, 11) is 0. The van der Waals surface area contributed by atoms with Crippen molar-refractivity contribution in [3.05, 3.63) is 35.4 Å². The zero-order chi connectivity index (χ0) is 13.0. The van der Waals surface area contributed by atoms with Crippen molar-refractivity contribution in [1.29, 1.82) is 0 Å². The van der Waals surface area contributed by atoms with Gasteiger partial charge in [-0.2, -0.15) is 0 Å². The number of carboxylic acids is 1. The van der Waals surface area contributed by atoms with Crippen LogP contribution in [-0.2, 0) is 4.79 Å². The molecule has 1 unspecified atom stereocenters. The highest BCUT2D eigenvalue weighted by atomic mass is 35.5. The van der Waals surface area contributed by atoms with E-state index in [9.17, 15) is 4.79 Å². The minimum absolute atomic E-state index is 0.124. The predicted molar refractivity (Wildman–Crippen MR) is 73.1 cm³/mol. The van der Waals surface area contributed by atoms with Gasteiger partial charge in [0, 0.05) is 6.42 Å². The van der Waals surface area contributed by atoms with Crippen LogP contribution < -0.4 is 0 Å². The fraction of sp³-hybridized carbons (Fsp3) is 0.533. The Kier molecular flexibility index (Phi) is 4.65. The van der Waals surface area contributed by atoms with Crippen LogP contribution in [0.2, 0.25) is 0 Å². The standard InChI is InChI=1S/C15H19ClO2/c16-14(9-10-15(17)18)13-7-5-12(6-8-13)11-3-1-2-4-11/h5-8,11,14H,1-4,9-10H2,(H,17,18). The number of hydrogen-bond donors (Lipinski definition) is 1. The number of benzene rings is 1. The number of halogens is 1. The number of aliphatic carboxylic acids is 1. The summed E-state index contributed by atoms with van der Waals surface area (Å²) >= 11 is 6.20. The molecule has 1 aromatic rings. The van der Waals surface area contributed by atoms with Gasteiger partial charge in [0.25, 0.3) is 0 Å². The Hall–Kier alpha value is -1.02. The third-order valence-electron chi connectivity index (χ3n) is 3.74. The van der Waals surface area contributed by atoms with Crippen LogP contribution >= 0.6 is 11.6 Å². The first-order valence-electron chi connectivity index (χ1n) is 6.62. The van der Waals surface area contributed by atoms with E-state index < -0.39 is 5.97 Å². The average molecular weight is 267 g/mol. The van der Waals surface area contributed by atoms with Gasteiger partial charge >= 0.3 is 5.97 Å². The lowest BCUT2D eigenvalue weighted by Gasteiger charge is -2.12. The summed E-state index contributed by atoms with van der Waals surface area (Å²) in [6.45, 7) is 0. The Balaban J connectivity index is 1.95. The van der Waals surface area contributed by atoms with E-state index in [1.165, 1.54) is 31.2 Å². The summed E-state index contributed by atoms with van der Waals surface area (Å²) in [6, 6.07) is 8.41. The average Bonchev–Trinajstić information content (AvgIpc) is 2.90. The van der Waals surface area contributed by atoms with E-state index >= 15 is 0 Å². The number of carbonyl (C=O) groups is 1. The molecule has 1 atom stereocenters. The van der Waals surface area contributed by atoms with Gasteiger partial charge in [-0.25, -0.2) is 0 Å². The predicted octanol–water partition coefficient (Wildman–Crippen LogP) is 4.49. The van der Waals surface area contributed by atoms with E-state index in [1.807, 2.05) is 12.1 Å². The molecule has 1 aliphatic rings. The molecule has 3 heteroatoms. The molecule has 1 fully saturated rings. The van der Waals surface area contributed by atoms with Crippen LogP contribution in [0.15, 0.2) is 24.3 Å². The topological polar surface area (TPSA) is 37.3 Å². The maximum atomic E-state index is 10.5. The van der Waals surface area contributed by atoms with E-state index in [4.69, 9.17) is 16.7 Å². The van der Waals surface area contributed by atoms with Gasteiger partial charge in [0.2, 0.25) is 0 Å². The van der Waals surface area contributed by atoms with Gasteiger partial charge < -0.3 is 5.11 Å². The minimum atomic E-state index is -0.789. The van der Waals surface area contributed by atoms with E-state index in [-0.39, 0.29) is 11.8 Å². The van der Waals surface area contributed by atoms with Gasteiger partial charge in [-0.15, -0.1) is 11.6 Å². The highest BCUT2D eigenvalue weighted by Crippen LogP contribution is 2.35. The SMILES string of the molecule is O=C(O)CCC(Cl)c1ccc(C2CCCC2)cc1. The lowest BCUT2D eigenvalue weighted by molar-refractivity contribution is -0.137. The molecule has 1 aliphatic carbocycles. The van der Waals surface area contributed by atoms with Crippen LogP contribution in [0, 0.1) is 0 Å². The second kappa shape index (κ2) is 6.24. The van der Waals surface area contributed by atoms with Gasteiger partial charge in [-0.1, -0.05) is 37.1 Å². The third kappa shape index (κ3) is 3.49. The van der Waals surface area contributed by atoms with Crippen molar-refractivity contribution in [1.82, 2.24) is 0 Å². The van der Waals surface area contributed by atoms with Crippen LogP contribution in [0.5, 0.6) is 0 Å². The highest BCUT2D eigenvalue weighted by molar-refractivity contribution is 6.20. The van der Waals surface area contributed by atoms with Crippen LogP contribution in [0.3, 0.4) is 0 Å². The molecule has 0 bridgehead atoms. The first-order chi connectivity index (χ1) is 8.66. The lowest BCUT2D eigenvalue weighted by atomic mass is 9.95. The number of rotatable bonds is 5. The molecule has 2 rings (SSSR count). The Labute approximate surface area is 113 Å². The second-order valence-electron chi connectivity index (χ2n) is 5.05. The quantitative estimate of drug-likeness (QED) is 0.798. The molecule has 0 radical (unpaired) electrons. The Morgan fingerprint density at radius 2 is 1.89 bits per heavy atom. The van der Waals surface area contributed by atoms with Gasteiger partial charge in [0.15, 0.2) is 0 Å². The van der Waals surface area contributed by atoms with Crippen molar-refractivity contribution in [2.45, 2.75) is 49.8 Å². The molecule has 98 valence electrons. The van der Waals surface area contributed by atoms with E-state index in [0.29, 0.717) is 12.3 Å². The Morgan fingerprint density at radius 1 is 1.28 bits per heavy atom. The fourth-order valence-electron chi connectivity index (χ4n) is 2.65. The number of hydrogen-bond acceptors (Lipinski definition) is 1. The summed E-state index contributed by atoms with van der Waals surface area (Å²) in [4.78, 5) is 10.5. The molecular formula is C15H19ClO2. The van der Waals surface area contributed by atoms with Crippen molar-refractivity contribution < 1.29 is 9.90 Å². The fourth-order valence-corrected chi connectivity index (χ4v) is 2.91. The molecule has 2 nitrogen and oxygen atoms in total. The molecular weight excluding hydrogens is 248 g/mol. The van der Waals surface area contributed by atoms with Crippen molar-refractivity contribution in [2.75, 3.05) is 0 Å². The Bertz CT molecular complexity index is 393. The largest absolute Gasteiger partial charge is 0.481 e. The highest BCUT2D eigenvalue weighted by Gasteiger charge is 2.17. The van der Waals surface area contributed by atoms with Gasteiger partial charge in [0.05, 0.1) is 5.38 Å². The maximum absolute atomic E-state index is 10.5. The molecule has 0 amide bonds. The third-order valence-corrected chi connectivity index (χ3v) is 4.21. The molecule has 0 aliphatic heterocycles.